The van der Waals surface area contributed by atoms with Crippen molar-refractivity contribution in [3.63, 3.8) is 0 Å². The fraction of sp³-hybridized carbons (Fsp3) is 0.500. The first-order chi connectivity index (χ1) is 9.58. The van der Waals surface area contributed by atoms with E-state index < -0.39 is 0 Å². The average molecular weight is 298 g/mol. The number of amides is 1. The summed E-state index contributed by atoms with van der Waals surface area (Å²) in [6, 6.07) is 5.44. The quantitative estimate of drug-likeness (QED) is 0.888. The van der Waals surface area contributed by atoms with Crippen LogP contribution >= 0.6 is 11.6 Å². The molecule has 0 bridgehead atoms. The van der Waals surface area contributed by atoms with Crippen molar-refractivity contribution in [3.8, 4) is 5.75 Å². The molecule has 2 rings (SSSR count). The highest BCUT2D eigenvalue weighted by Crippen LogP contribution is 2.26. The van der Waals surface area contributed by atoms with Crippen LogP contribution in [-0.4, -0.2) is 43.6 Å². The maximum absolute atomic E-state index is 12.0. The van der Waals surface area contributed by atoms with Crippen LogP contribution in [0.4, 0.5) is 5.69 Å². The number of hydrogen-bond donors (Lipinski definition) is 2. The average Bonchev–Trinajstić information content (AvgIpc) is 2.44. The Bertz CT molecular complexity index is 473. The molecule has 0 spiro atoms. The Hall–Kier alpha value is -1.30. The Balaban J connectivity index is 1.91. The standard InChI is InChI=1S/C14H20ClN3O2/c1-20-11-2-3-12(15)13(8-11)17-14(19)9-18-6-4-10(16)5-7-18/h2-3,8,10H,4-7,9,16H2,1H3,(H,17,19). The number of ether oxygens (including phenoxy) is 1. The van der Waals surface area contributed by atoms with Crippen LogP contribution in [0.5, 0.6) is 5.75 Å². The topological polar surface area (TPSA) is 67.6 Å². The van der Waals surface area contributed by atoms with Gasteiger partial charge in [0.05, 0.1) is 24.4 Å². The lowest BCUT2D eigenvalue weighted by Gasteiger charge is -2.29. The van der Waals surface area contributed by atoms with Crippen LogP contribution in [0.1, 0.15) is 12.8 Å². The first-order valence-corrected chi connectivity index (χ1v) is 7.07. The minimum absolute atomic E-state index is 0.0735. The summed E-state index contributed by atoms with van der Waals surface area (Å²) in [5, 5.41) is 3.32. The number of methoxy groups -OCH3 is 1. The molecule has 1 saturated heterocycles. The third-order valence-corrected chi connectivity index (χ3v) is 3.78. The largest absolute Gasteiger partial charge is 0.497 e. The van der Waals surface area contributed by atoms with Gasteiger partial charge in [-0.2, -0.15) is 0 Å². The number of piperidine rings is 1. The van der Waals surface area contributed by atoms with Crippen molar-refractivity contribution < 1.29 is 9.53 Å². The number of carbonyl (C=O) groups excluding carboxylic acids is 1. The van der Waals surface area contributed by atoms with Gasteiger partial charge in [-0.25, -0.2) is 0 Å². The normalized spacial score (nSPS) is 16.9. The number of carbonyl (C=O) groups is 1. The Kier molecular flexibility index (Phi) is 5.23. The van der Waals surface area contributed by atoms with Gasteiger partial charge < -0.3 is 15.8 Å². The molecule has 6 heteroatoms. The second-order valence-corrected chi connectivity index (χ2v) is 5.41. The van der Waals surface area contributed by atoms with Crippen molar-refractivity contribution >= 4 is 23.2 Å². The van der Waals surface area contributed by atoms with Crippen LogP contribution in [0, 0.1) is 0 Å². The Morgan fingerprint density at radius 3 is 2.85 bits per heavy atom. The minimum atomic E-state index is -0.0735. The van der Waals surface area contributed by atoms with E-state index in [1.807, 2.05) is 0 Å². The van der Waals surface area contributed by atoms with Gasteiger partial charge in [0, 0.05) is 25.2 Å². The number of likely N-dealkylation sites (tertiary alicyclic amines) is 1. The maximum Gasteiger partial charge on any atom is 0.238 e. The Labute approximate surface area is 124 Å². The lowest BCUT2D eigenvalue weighted by Crippen LogP contribution is -2.43. The Morgan fingerprint density at radius 1 is 1.50 bits per heavy atom. The summed E-state index contributed by atoms with van der Waals surface area (Å²) >= 11 is 6.06. The zero-order valence-electron chi connectivity index (χ0n) is 11.6. The molecule has 0 aliphatic carbocycles. The van der Waals surface area contributed by atoms with Crippen LogP contribution in [0.15, 0.2) is 18.2 Å². The number of hydrogen-bond acceptors (Lipinski definition) is 4. The van der Waals surface area contributed by atoms with Crippen LogP contribution in [-0.2, 0) is 4.79 Å². The number of nitrogens with one attached hydrogen (secondary N) is 1. The number of halogens is 1. The van der Waals surface area contributed by atoms with E-state index in [2.05, 4.69) is 10.2 Å². The molecule has 1 aromatic carbocycles. The molecular weight excluding hydrogens is 278 g/mol. The van der Waals surface area contributed by atoms with E-state index >= 15 is 0 Å². The fourth-order valence-corrected chi connectivity index (χ4v) is 2.40. The van der Waals surface area contributed by atoms with Crippen molar-refractivity contribution in [3.05, 3.63) is 23.2 Å². The molecule has 0 atom stereocenters. The second-order valence-electron chi connectivity index (χ2n) is 5.01. The highest BCUT2D eigenvalue weighted by atomic mass is 35.5. The molecule has 20 heavy (non-hydrogen) atoms. The van der Waals surface area contributed by atoms with E-state index in [4.69, 9.17) is 22.1 Å². The predicted octanol–water partition coefficient (Wildman–Crippen LogP) is 1.71. The van der Waals surface area contributed by atoms with E-state index in [0.717, 1.165) is 25.9 Å². The molecule has 110 valence electrons. The molecule has 1 amide bonds. The SMILES string of the molecule is COc1ccc(Cl)c(NC(=O)CN2CCC(N)CC2)c1. The van der Waals surface area contributed by atoms with Gasteiger partial charge in [-0.3, -0.25) is 9.69 Å². The Morgan fingerprint density at radius 2 is 2.20 bits per heavy atom. The molecule has 1 aliphatic rings. The summed E-state index contributed by atoms with van der Waals surface area (Å²) < 4.78 is 5.12. The molecule has 0 radical (unpaired) electrons. The predicted molar refractivity (Wildman–Crippen MR) is 80.3 cm³/mol. The van der Waals surface area contributed by atoms with Gasteiger partial charge in [0.1, 0.15) is 5.75 Å². The smallest absolute Gasteiger partial charge is 0.238 e. The molecule has 3 N–H and O–H groups in total. The van der Waals surface area contributed by atoms with Gasteiger partial charge >= 0.3 is 0 Å². The summed E-state index contributed by atoms with van der Waals surface area (Å²) in [4.78, 5) is 14.1. The third-order valence-electron chi connectivity index (χ3n) is 3.45. The summed E-state index contributed by atoms with van der Waals surface area (Å²) in [6.45, 7) is 2.08. The van der Waals surface area contributed by atoms with Gasteiger partial charge in [0.15, 0.2) is 0 Å². The zero-order valence-corrected chi connectivity index (χ0v) is 12.3. The van der Waals surface area contributed by atoms with Gasteiger partial charge in [-0.15, -0.1) is 0 Å². The van der Waals surface area contributed by atoms with Crippen LogP contribution in [0.2, 0.25) is 5.02 Å². The molecule has 0 saturated carbocycles. The molecular formula is C14H20ClN3O2. The van der Waals surface area contributed by atoms with E-state index in [1.54, 1.807) is 25.3 Å². The molecule has 1 fully saturated rings. The molecule has 5 nitrogen and oxygen atoms in total. The molecule has 1 heterocycles. The summed E-state index contributed by atoms with van der Waals surface area (Å²) in [6.07, 6.45) is 1.88. The van der Waals surface area contributed by atoms with Gasteiger partial charge in [-0.05, 0) is 25.0 Å². The fourth-order valence-electron chi connectivity index (χ4n) is 2.23. The van der Waals surface area contributed by atoms with Crippen molar-refractivity contribution in [1.29, 1.82) is 0 Å². The van der Waals surface area contributed by atoms with Gasteiger partial charge in [0.2, 0.25) is 5.91 Å². The van der Waals surface area contributed by atoms with Crippen molar-refractivity contribution in [1.82, 2.24) is 4.90 Å². The second kappa shape index (κ2) is 6.92. The molecule has 0 unspecified atom stereocenters. The van der Waals surface area contributed by atoms with E-state index in [0.29, 0.717) is 23.0 Å². The molecule has 1 aromatic rings. The molecule has 1 aliphatic heterocycles. The molecule has 0 aromatic heterocycles. The van der Waals surface area contributed by atoms with Gasteiger partial charge in [-0.1, -0.05) is 11.6 Å². The summed E-state index contributed by atoms with van der Waals surface area (Å²) in [5.74, 6) is 0.587. The highest BCUT2D eigenvalue weighted by molar-refractivity contribution is 6.33. The van der Waals surface area contributed by atoms with Crippen molar-refractivity contribution in [2.45, 2.75) is 18.9 Å². The maximum atomic E-state index is 12.0. The lowest BCUT2D eigenvalue weighted by molar-refractivity contribution is -0.117. The minimum Gasteiger partial charge on any atom is -0.497 e. The van der Waals surface area contributed by atoms with Crippen LogP contribution in [0.25, 0.3) is 0 Å². The van der Waals surface area contributed by atoms with Crippen molar-refractivity contribution in [2.24, 2.45) is 5.73 Å². The van der Waals surface area contributed by atoms with E-state index in [9.17, 15) is 4.79 Å². The summed E-state index contributed by atoms with van der Waals surface area (Å²) in [7, 11) is 1.58. The number of anilines is 1. The van der Waals surface area contributed by atoms with Crippen LogP contribution < -0.4 is 15.8 Å². The van der Waals surface area contributed by atoms with Crippen LogP contribution in [0.3, 0.4) is 0 Å². The number of nitrogens with zero attached hydrogens (tertiary/aromatic N) is 1. The number of nitrogens with two attached hydrogens (primary N) is 1. The van der Waals surface area contributed by atoms with E-state index in [-0.39, 0.29) is 11.9 Å². The number of benzene rings is 1. The lowest BCUT2D eigenvalue weighted by atomic mass is 10.1. The van der Waals surface area contributed by atoms with E-state index in [1.165, 1.54) is 0 Å². The number of rotatable bonds is 4. The summed E-state index contributed by atoms with van der Waals surface area (Å²) in [5.41, 5.74) is 6.42. The first-order valence-electron chi connectivity index (χ1n) is 6.70. The van der Waals surface area contributed by atoms with Crippen molar-refractivity contribution in [2.75, 3.05) is 32.1 Å². The monoisotopic (exact) mass is 297 g/mol. The van der Waals surface area contributed by atoms with Gasteiger partial charge in [0.25, 0.3) is 0 Å². The first kappa shape index (κ1) is 15.1. The highest BCUT2D eigenvalue weighted by Gasteiger charge is 2.18. The zero-order chi connectivity index (χ0) is 14.5. The third kappa shape index (κ3) is 4.10.